The Morgan fingerprint density at radius 2 is 1.66 bits per heavy atom. The molecule has 0 fully saturated rings. The summed E-state index contributed by atoms with van der Waals surface area (Å²) in [5, 5.41) is 3.58. The molecule has 3 aromatic rings. The Morgan fingerprint density at radius 1 is 0.931 bits per heavy atom. The zero-order valence-electron chi connectivity index (χ0n) is 17.2. The minimum absolute atomic E-state index is 0.267. The normalized spacial score (nSPS) is 11.9. The van der Waals surface area contributed by atoms with Crippen molar-refractivity contribution in [3.63, 3.8) is 0 Å². The Morgan fingerprint density at radius 3 is 2.34 bits per heavy atom. The lowest BCUT2D eigenvalue weighted by Gasteiger charge is -2.18. The lowest BCUT2D eigenvalue weighted by molar-refractivity contribution is 0.267. The van der Waals surface area contributed by atoms with Crippen LogP contribution in [0.5, 0.6) is 11.5 Å². The van der Waals surface area contributed by atoms with Crippen LogP contribution in [0.1, 0.15) is 42.1 Å². The molecule has 3 rings (SSSR count). The summed E-state index contributed by atoms with van der Waals surface area (Å²) in [5.41, 5.74) is 4.79. The minimum Gasteiger partial charge on any atom is -0.490 e. The topological polar surface area (TPSA) is 30.5 Å². The van der Waals surface area contributed by atoms with Crippen LogP contribution in [0, 0.1) is 6.92 Å². The highest BCUT2D eigenvalue weighted by molar-refractivity contribution is 9.10. The van der Waals surface area contributed by atoms with Crippen LogP contribution in [0.3, 0.4) is 0 Å². The first-order valence-electron chi connectivity index (χ1n) is 9.98. The van der Waals surface area contributed by atoms with E-state index in [0.717, 1.165) is 33.6 Å². The molecule has 3 aromatic carbocycles. The molecule has 29 heavy (non-hydrogen) atoms. The fourth-order valence-corrected chi connectivity index (χ4v) is 3.70. The van der Waals surface area contributed by atoms with Crippen molar-refractivity contribution < 1.29 is 9.47 Å². The molecular formula is C25H28BrNO2. The van der Waals surface area contributed by atoms with Crippen LogP contribution in [-0.4, -0.2) is 6.61 Å². The summed E-state index contributed by atoms with van der Waals surface area (Å²) >= 11 is 3.67. The van der Waals surface area contributed by atoms with Gasteiger partial charge in [0.2, 0.25) is 0 Å². The van der Waals surface area contributed by atoms with Crippen molar-refractivity contribution in [3.05, 3.63) is 93.5 Å². The fourth-order valence-electron chi connectivity index (χ4n) is 3.10. The van der Waals surface area contributed by atoms with Crippen molar-refractivity contribution in [2.24, 2.45) is 0 Å². The van der Waals surface area contributed by atoms with Gasteiger partial charge in [0.25, 0.3) is 0 Å². The number of aryl methyl sites for hydroxylation is 1. The first-order chi connectivity index (χ1) is 14.1. The van der Waals surface area contributed by atoms with E-state index in [1.165, 1.54) is 11.1 Å². The highest BCUT2D eigenvalue weighted by Crippen LogP contribution is 2.37. The molecule has 1 atom stereocenters. The molecule has 3 nitrogen and oxygen atoms in total. The molecule has 1 N–H and O–H groups in total. The first kappa shape index (κ1) is 21.4. The Labute approximate surface area is 182 Å². The van der Waals surface area contributed by atoms with Crippen LogP contribution in [0.15, 0.2) is 71.2 Å². The van der Waals surface area contributed by atoms with E-state index in [1.54, 1.807) is 0 Å². The van der Waals surface area contributed by atoms with E-state index in [0.29, 0.717) is 13.2 Å². The molecule has 0 aliphatic carbocycles. The van der Waals surface area contributed by atoms with E-state index >= 15 is 0 Å². The molecule has 0 aliphatic heterocycles. The number of ether oxygens (including phenoxy) is 2. The van der Waals surface area contributed by atoms with Gasteiger partial charge < -0.3 is 14.8 Å². The smallest absolute Gasteiger partial charge is 0.175 e. The van der Waals surface area contributed by atoms with E-state index < -0.39 is 0 Å². The van der Waals surface area contributed by atoms with E-state index in [1.807, 2.05) is 13.0 Å². The molecule has 0 amide bonds. The van der Waals surface area contributed by atoms with Crippen LogP contribution >= 0.6 is 15.9 Å². The molecule has 152 valence electrons. The van der Waals surface area contributed by atoms with Gasteiger partial charge in [-0.2, -0.15) is 0 Å². The molecule has 0 aromatic heterocycles. The maximum atomic E-state index is 6.10. The molecule has 0 spiro atoms. The molecule has 4 heteroatoms. The maximum Gasteiger partial charge on any atom is 0.175 e. The van der Waals surface area contributed by atoms with Crippen LogP contribution in [0.25, 0.3) is 0 Å². The van der Waals surface area contributed by atoms with Gasteiger partial charge >= 0.3 is 0 Å². The molecular weight excluding hydrogens is 426 g/mol. The van der Waals surface area contributed by atoms with Crippen molar-refractivity contribution >= 4 is 15.9 Å². The van der Waals surface area contributed by atoms with Gasteiger partial charge in [0, 0.05) is 12.6 Å². The number of nitrogens with one attached hydrogen (secondary N) is 1. The third-order valence-electron chi connectivity index (χ3n) is 4.78. The summed E-state index contributed by atoms with van der Waals surface area (Å²) in [4.78, 5) is 0. The standard InChI is InChI=1S/C25H28BrNO2/c1-4-28-24-15-21(16-27-19(3)22-8-6-5-7-9-22)14-23(26)25(24)29-17-20-12-10-18(2)11-13-20/h5-15,19,27H,4,16-17H2,1-3H3/t19-/m1/s1. The van der Waals surface area contributed by atoms with Crippen LogP contribution in [-0.2, 0) is 13.2 Å². The monoisotopic (exact) mass is 453 g/mol. The molecule has 0 radical (unpaired) electrons. The molecule has 0 unspecified atom stereocenters. The average molecular weight is 454 g/mol. The lowest BCUT2D eigenvalue weighted by atomic mass is 10.1. The van der Waals surface area contributed by atoms with Gasteiger partial charge in [-0.25, -0.2) is 0 Å². The molecule has 0 saturated heterocycles. The maximum absolute atomic E-state index is 6.10. The van der Waals surface area contributed by atoms with Crippen molar-refractivity contribution in [2.75, 3.05) is 6.61 Å². The van der Waals surface area contributed by atoms with Crippen molar-refractivity contribution in [3.8, 4) is 11.5 Å². The summed E-state index contributed by atoms with van der Waals surface area (Å²) in [7, 11) is 0. The zero-order chi connectivity index (χ0) is 20.6. The van der Waals surface area contributed by atoms with Gasteiger partial charge in [0.15, 0.2) is 11.5 Å². The number of hydrogen-bond acceptors (Lipinski definition) is 3. The Kier molecular flexibility index (Phi) is 7.73. The van der Waals surface area contributed by atoms with Crippen molar-refractivity contribution in [1.82, 2.24) is 5.32 Å². The van der Waals surface area contributed by atoms with E-state index in [-0.39, 0.29) is 6.04 Å². The molecule has 0 heterocycles. The summed E-state index contributed by atoms with van der Waals surface area (Å²) < 4.78 is 12.9. The number of hydrogen-bond donors (Lipinski definition) is 1. The van der Waals surface area contributed by atoms with Crippen molar-refractivity contribution in [2.45, 2.75) is 40.0 Å². The quantitative estimate of drug-likeness (QED) is 0.396. The van der Waals surface area contributed by atoms with Crippen LogP contribution < -0.4 is 14.8 Å². The van der Waals surface area contributed by atoms with E-state index in [9.17, 15) is 0 Å². The van der Waals surface area contributed by atoms with Crippen LogP contribution in [0.4, 0.5) is 0 Å². The van der Waals surface area contributed by atoms with Crippen LogP contribution in [0.2, 0.25) is 0 Å². The predicted molar refractivity (Wildman–Crippen MR) is 123 cm³/mol. The third kappa shape index (κ3) is 6.09. The summed E-state index contributed by atoms with van der Waals surface area (Å²) in [5.74, 6) is 1.51. The number of rotatable bonds is 9. The predicted octanol–water partition coefficient (Wildman–Crippen LogP) is 6.59. The molecule has 0 saturated carbocycles. The lowest BCUT2D eigenvalue weighted by Crippen LogP contribution is -2.18. The Hall–Kier alpha value is -2.30. The van der Waals surface area contributed by atoms with Gasteiger partial charge in [-0.15, -0.1) is 0 Å². The summed E-state index contributed by atoms with van der Waals surface area (Å²) in [6.07, 6.45) is 0. The molecule has 0 aliphatic rings. The second-order valence-corrected chi connectivity index (χ2v) is 7.98. The third-order valence-corrected chi connectivity index (χ3v) is 5.37. The Balaban J connectivity index is 1.70. The first-order valence-corrected chi connectivity index (χ1v) is 10.8. The summed E-state index contributed by atoms with van der Waals surface area (Å²) in [6, 6.07) is 23.2. The Bertz CT molecular complexity index is 910. The van der Waals surface area contributed by atoms with Gasteiger partial charge in [-0.05, 0) is 65.5 Å². The SMILES string of the molecule is CCOc1cc(CN[C@H](C)c2ccccc2)cc(Br)c1OCc1ccc(C)cc1. The number of benzene rings is 3. The van der Waals surface area contributed by atoms with Gasteiger partial charge in [0.1, 0.15) is 6.61 Å². The van der Waals surface area contributed by atoms with Crippen molar-refractivity contribution in [1.29, 1.82) is 0 Å². The zero-order valence-corrected chi connectivity index (χ0v) is 18.8. The second kappa shape index (κ2) is 10.5. The summed E-state index contributed by atoms with van der Waals surface area (Å²) in [6.45, 7) is 8.08. The van der Waals surface area contributed by atoms with Gasteiger partial charge in [-0.1, -0.05) is 60.2 Å². The highest BCUT2D eigenvalue weighted by Gasteiger charge is 2.13. The largest absolute Gasteiger partial charge is 0.490 e. The minimum atomic E-state index is 0.267. The fraction of sp³-hybridized carbons (Fsp3) is 0.280. The van der Waals surface area contributed by atoms with Gasteiger partial charge in [-0.3, -0.25) is 0 Å². The second-order valence-electron chi connectivity index (χ2n) is 7.13. The number of halogens is 1. The van der Waals surface area contributed by atoms with E-state index in [4.69, 9.17) is 9.47 Å². The van der Waals surface area contributed by atoms with E-state index in [2.05, 4.69) is 95.8 Å². The van der Waals surface area contributed by atoms with Gasteiger partial charge in [0.05, 0.1) is 11.1 Å². The molecule has 0 bridgehead atoms. The average Bonchev–Trinajstić information content (AvgIpc) is 2.73. The highest BCUT2D eigenvalue weighted by atomic mass is 79.9.